The molecule has 0 atom stereocenters. The molecule has 1 amide bonds. The van der Waals surface area contributed by atoms with Gasteiger partial charge in [0.15, 0.2) is 5.78 Å². The van der Waals surface area contributed by atoms with Crippen LogP contribution in [0.5, 0.6) is 0 Å². The van der Waals surface area contributed by atoms with Crippen LogP contribution in [0.15, 0.2) is 24.3 Å². The average Bonchev–Trinajstić information content (AvgIpc) is 2.58. The van der Waals surface area contributed by atoms with Gasteiger partial charge in [0, 0.05) is 38.0 Å². The summed E-state index contributed by atoms with van der Waals surface area (Å²) in [5, 5.41) is 2.83. The van der Waals surface area contributed by atoms with E-state index in [-0.39, 0.29) is 30.3 Å². The van der Waals surface area contributed by atoms with Crippen LogP contribution in [0.1, 0.15) is 29.6 Å². The predicted octanol–water partition coefficient (Wildman–Crippen LogP) is 1.63. The smallest absolute Gasteiger partial charge is 0.220 e. The lowest BCUT2D eigenvalue weighted by atomic mass is 10.1. The van der Waals surface area contributed by atoms with Crippen LogP contribution >= 0.6 is 0 Å². The molecule has 1 aromatic carbocycles. The molecule has 5 nitrogen and oxygen atoms in total. The molecular weight excluding hydrogens is 299 g/mol. The van der Waals surface area contributed by atoms with Gasteiger partial charge in [-0.15, -0.1) is 0 Å². The number of rotatable bonds is 8. The number of ketones is 1. The fourth-order valence-electron chi connectivity index (χ4n) is 2.45. The van der Waals surface area contributed by atoms with Crippen LogP contribution in [-0.4, -0.2) is 56.0 Å². The zero-order chi connectivity index (χ0) is 16.5. The molecule has 6 heteroatoms. The number of hydrogen-bond donors (Lipinski definition) is 1. The Morgan fingerprint density at radius 2 is 1.83 bits per heavy atom. The summed E-state index contributed by atoms with van der Waals surface area (Å²) in [6.07, 6.45) is 1.19. The predicted molar refractivity (Wildman–Crippen MR) is 84.9 cm³/mol. The summed E-state index contributed by atoms with van der Waals surface area (Å²) >= 11 is 0. The molecule has 1 aliphatic rings. The Kier molecular flexibility index (Phi) is 7.16. The van der Waals surface area contributed by atoms with Gasteiger partial charge in [0.25, 0.3) is 0 Å². The van der Waals surface area contributed by atoms with Crippen molar-refractivity contribution in [2.45, 2.75) is 19.3 Å². The number of hydrogen-bond acceptors (Lipinski definition) is 4. The van der Waals surface area contributed by atoms with Crippen LogP contribution in [0.3, 0.4) is 0 Å². The molecule has 0 unspecified atom stereocenters. The second-order valence-corrected chi connectivity index (χ2v) is 5.59. The van der Waals surface area contributed by atoms with E-state index in [1.54, 1.807) is 0 Å². The number of nitrogens with one attached hydrogen (secondary N) is 1. The Bertz CT molecular complexity index is 513. The first-order valence-corrected chi connectivity index (χ1v) is 8.01. The molecule has 1 aliphatic heterocycles. The van der Waals surface area contributed by atoms with Crippen LogP contribution in [0.2, 0.25) is 0 Å². The van der Waals surface area contributed by atoms with Crippen molar-refractivity contribution in [3.05, 3.63) is 35.6 Å². The van der Waals surface area contributed by atoms with E-state index in [9.17, 15) is 14.0 Å². The molecule has 0 spiro atoms. The average molecular weight is 322 g/mol. The summed E-state index contributed by atoms with van der Waals surface area (Å²) < 4.78 is 18.1. The Hall–Kier alpha value is -1.79. The third-order valence-corrected chi connectivity index (χ3v) is 3.82. The van der Waals surface area contributed by atoms with Crippen molar-refractivity contribution in [1.29, 1.82) is 0 Å². The molecule has 126 valence electrons. The van der Waals surface area contributed by atoms with E-state index in [1.807, 2.05) is 0 Å². The minimum absolute atomic E-state index is 0.123. The molecule has 2 rings (SSSR count). The normalized spacial score (nSPS) is 15.3. The largest absolute Gasteiger partial charge is 0.379 e. The van der Waals surface area contributed by atoms with Crippen molar-refractivity contribution in [3.63, 3.8) is 0 Å². The van der Waals surface area contributed by atoms with E-state index in [1.165, 1.54) is 24.3 Å². The van der Waals surface area contributed by atoms with E-state index in [4.69, 9.17) is 4.74 Å². The third kappa shape index (κ3) is 6.46. The van der Waals surface area contributed by atoms with Crippen molar-refractivity contribution < 1.29 is 18.7 Å². The molecule has 0 bridgehead atoms. The summed E-state index contributed by atoms with van der Waals surface area (Å²) in [6, 6.07) is 5.38. The lowest BCUT2D eigenvalue weighted by molar-refractivity contribution is -0.121. The number of amides is 1. The molecule has 0 aliphatic carbocycles. The van der Waals surface area contributed by atoms with Gasteiger partial charge >= 0.3 is 0 Å². The first-order valence-electron chi connectivity index (χ1n) is 8.01. The maximum absolute atomic E-state index is 12.8. The Morgan fingerprint density at radius 3 is 2.52 bits per heavy atom. The maximum Gasteiger partial charge on any atom is 0.220 e. The van der Waals surface area contributed by atoms with Gasteiger partial charge in [0.2, 0.25) is 5.91 Å². The van der Waals surface area contributed by atoms with Crippen molar-refractivity contribution in [3.8, 4) is 0 Å². The van der Waals surface area contributed by atoms with E-state index in [0.717, 1.165) is 39.3 Å². The van der Waals surface area contributed by atoms with Crippen molar-refractivity contribution in [2.75, 3.05) is 39.4 Å². The molecule has 0 aromatic heterocycles. The Labute approximate surface area is 135 Å². The first kappa shape index (κ1) is 17.6. The van der Waals surface area contributed by atoms with Crippen LogP contribution < -0.4 is 5.32 Å². The minimum atomic E-state index is -0.375. The van der Waals surface area contributed by atoms with E-state index in [0.29, 0.717) is 12.1 Å². The summed E-state index contributed by atoms with van der Waals surface area (Å²) in [5.41, 5.74) is 0.437. The molecule has 0 saturated carbocycles. The summed E-state index contributed by atoms with van der Waals surface area (Å²) in [4.78, 5) is 25.9. The van der Waals surface area contributed by atoms with Crippen molar-refractivity contribution in [1.82, 2.24) is 10.2 Å². The number of halogens is 1. The number of carbonyl (C=O) groups is 2. The fraction of sp³-hybridized carbons (Fsp3) is 0.529. The van der Waals surface area contributed by atoms with Gasteiger partial charge < -0.3 is 10.1 Å². The molecule has 1 aromatic rings. The Morgan fingerprint density at radius 1 is 1.13 bits per heavy atom. The van der Waals surface area contributed by atoms with Crippen LogP contribution in [-0.2, 0) is 9.53 Å². The topological polar surface area (TPSA) is 58.6 Å². The summed E-state index contributed by atoms with van der Waals surface area (Å²) in [6.45, 7) is 5.00. The molecule has 1 saturated heterocycles. The van der Waals surface area contributed by atoms with Crippen LogP contribution in [0.4, 0.5) is 4.39 Å². The van der Waals surface area contributed by atoms with E-state index in [2.05, 4.69) is 10.2 Å². The monoisotopic (exact) mass is 322 g/mol. The number of ether oxygens (including phenoxy) is 1. The molecule has 1 N–H and O–H groups in total. The third-order valence-electron chi connectivity index (χ3n) is 3.82. The minimum Gasteiger partial charge on any atom is -0.379 e. The summed E-state index contributed by atoms with van der Waals surface area (Å²) in [7, 11) is 0. The van der Waals surface area contributed by atoms with Crippen molar-refractivity contribution in [2.24, 2.45) is 0 Å². The van der Waals surface area contributed by atoms with Gasteiger partial charge in [0.05, 0.1) is 13.2 Å². The fourth-order valence-corrected chi connectivity index (χ4v) is 2.45. The van der Waals surface area contributed by atoms with Crippen LogP contribution in [0.25, 0.3) is 0 Å². The van der Waals surface area contributed by atoms with Gasteiger partial charge in [-0.2, -0.15) is 0 Å². The number of morpholine rings is 1. The quantitative estimate of drug-likeness (QED) is 0.584. The van der Waals surface area contributed by atoms with E-state index < -0.39 is 0 Å². The Balaban J connectivity index is 1.57. The highest BCUT2D eigenvalue weighted by Gasteiger charge is 2.11. The number of Topliss-reactive ketones (excluding diaryl/α,β-unsaturated/α-hetero) is 1. The van der Waals surface area contributed by atoms with Gasteiger partial charge in [-0.1, -0.05) is 0 Å². The highest BCUT2D eigenvalue weighted by molar-refractivity contribution is 5.97. The standard InChI is InChI=1S/C17H23FN2O3/c18-15-4-2-14(3-5-15)16(21)6-7-17(22)19-8-1-9-20-10-12-23-13-11-20/h2-5H,1,6-13H2,(H,19,22). The molecule has 0 radical (unpaired) electrons. The molecule has 1 heterocycles. The van der Waals surface area contributed by atoms with E-state index >= 15 is 0 Å². The van der Waals surface area contributed by atoms with Gasteiger partial charge in [-0.25, -0.2) is 4.39 Å². The first-order chi connectivity index (χ1) is 11.1. The lowest BCUT2D eigenvalue weighted by Gasteiger charge is -2.26. The zero-order valence-electron chi connectivity index (χ0n) is 13.2. The van der Waals surface area contributed by atoms with Crippen molar-refractivity contribution >= 4 is 11.7 Å². The SMILES string of the molecule is O=C(CCC(=O)c1ccc(F)cc1)NCCCN1CCOCC1. The van der Waals surface area contributed by atoms with Gasteiger partial charge in [0.1, 0.15) is 5.82 Å². The second kappa shape index (κ2) is 9.37. The van der Waals surface area contributed by atoms with Crippen LogP contribution in [0, 0.1) is 5.82 Å². The molecular formula is C17H23FN2O3. The number of benzene rings is 1. The lowest BCUT2D eigenvalue weighted by Crippen LogP contribution is -2.38. The molecule has 1 fully saturated rings. The molecule has 23 heavy (non-hydrogen) atoms. The van der Waals surface area contributed by atoms with Gasteiger partial charge in [-0.05, 0) is 37.2 Å². The van der Waals surface area contributed by atoms with Gasteiger partial charge in [-0.3, -0.25) is 14.5 Å². The second-order valence-electron chi connectivity index (χ2n) is 5.59. The highest BCUT2D eigenvalue weighted by atomic mass is 19.1. The number of carbonyl (C=O) groups excluding carboxylic acids is 2. The summed E-state index contributed by atoms with van der Waals surface area (Å²) in [5.74, 6) is -0.643. The maximum atomic E-state index is 12.8. The number of nitrogens with zero attached hydrogens (tertiary/aromatic N) is 1. The highest BCUT2D eigenvalue weighted by Crippen LogP contribution is 2.07. The zero-order valence-corrected chi connectivity index (χ0v) is 13.2.